The van der Waals surface area contributed by atoms with Gasteiger partial charge < -0.3 is 14.2 Å². The topological polar surface area (TPSA) is 78.9 Å². The third-order valence-corrected chi connectivity index (χ3v) is 11.8. The molecule has 0 N–H and O–H groups in total. The van der Waals surface area contributed by atoms with E-state index in [4.69, 9.17) is 14.2 Å². The van der Waals surface area contributed by atoms with Crippen LogP contribution >= 0.6 is 0 Å². The van der Waals surface area contributed by atoms with E-state index in [1.165, 1.54) is 23.6 Å². The maximum Gasteiger partial charge on any atom is 0.331 e. The second-order valence-corrected chi connectivity index (χ2v) is 14.0. The van der Waals surface area contributed by atoms with Crippen LogP contribution in [0.4, 0.5) is 0 Å². The first kappa shape index (κ1) is 25.9. The van der Waals surface area contributed by atoms with Gasteiger partial charge in [0.25, 0.3) is 0 Å². The molecule has 206 valence electrons. The van der Waals surface area contributed by atoms with Crippen LogP contribution in [0.2, 0.25) is 0 Å². The van der Waals surface area contributed by atoms with Crippen LogP contribution in [0.5, 0.6) is 0 Å². The van der Waals surface area contributed by atoms with E-state index in [0.717, 1.165) is 51.4 Å². The highest BCUT2D eigenvalue weighted by atomic mass is 16.6. The summed E-state index contributed by atoms with van der Waals surface area (Å²) < 4.78 is 18.1. The lowest BCUT2D eigenvalue weighted by molar-refractivity contribution is -0.237. The van der Waals surface area contributed by atoms with E-state index in [0.29, 0.717) is 0 Å². The van der Waals surface area contributed by atoms with E-state index in [1.807, 2.05) is 26.8 Å². The standard InChI is InChI=1S/C32H42O6/c1-18(33)37-32(6,27-21-16-22(17-21)28(35)36-27)25-12-14-30(4)24-9-8-23-19(7-10-26(34)38-29(23,2)3)15-20(24)11-13-31(25,30)5/h7,10,15,21-23,25,27H,8-9,11-14,16-17H2,1-6H3/t21?,22?,23-,25+,27-,30+,31-,32+/m1/s1. The Morgan fingerprint density at radius 2 is 1.79 bits per heavy atom. The van der Waals surface area contributed by atoms with Gasteiger partial charge in [-0.2, -0.15) is 0 Å². The van der Waals surface area contributed by atoms with Crippen LogP contribution in [0.3, 0.4) is 0 Å². The molecule has 0 aromatic carbocycles. The van der Waals surface area contributed by atoms with Gasteiger partial charge >= 0.3 is 17.9 Å². The second-order valence-electron chi connectivity index (χ2n) is 14.0. The van der Waals surface area contributed by atoms with Crippen LogP contribution < -0.4 is 0 Å². The monoisotopic (exact) mass is 522 g/mol. The van der Waals surface area contributed by atoms with Crippen LogP contribution in [0, 0.1) is 34.5 Å². The third kappa shape index (κ3) is 3.54. The van der Waals surface area contributed by atoms with Gasteiger partial charge in [-0.15, -0.1) is 0 Å². The van der Waals surface area contributed by atoms with Crippen molar-refractivity contribution in [3.63, 3.8) is 0 Å². The van der Waals surface area contributed by atoms with Crippen molar-refractivity contribution < 1.29 is 28.6 Å². The number of fused-ring (bicyclic) bond motifs is 5. The van der Waals surface area contributed by atoms with E-state index in [2.05, 4.69) is 19.9 Å². The summed E-state index contributed by atoms with van der Waals surface area (Å²) in [4.78, 5) is 37.4. The van der Waals surface area contributed by atoms with Gasteiger partial charge in [0.15, 0.2) is 0 Å². The van der Waals surface area contributed by atoms with Crippen molar-refractivity contribution in [1.29, 1.82) is 0 Å². The van der Waals surface area contributed by atoms with Crippen LogP contribution in [-0.2, 0) is 28.6 Å². The number of hydrogen-bond acceptors (Lipinski definition) is 6. The van der Waals surface area contributed by atoms with Crippen molar-refractivity contribution in [3.05, 3.63) is 34.9 Å². The van der Waals surface area contributed by atoms with Crippen molar-refractivity contribution in [2.45, 2.75) is 110 Å². The Kier molecular flexibility index (Phi) is 5.66. The predicted molar refractivity (Wildman–Crippen MR) is 142 cm³/mol. The van der Waals surface area contributed by atoms with Crippen molar-refractivity contribution in [3.8, 4) is 0 Å². The molecule has 3 aliphatic heterocycles. The molecule has 0 aromatic rings. The first-order valence-corrected chi connectivity index (χ1v) is 14.5. The number of carbonyl (C=O) groups is 3. The number of allylic oxidation sites excluding steroid dienone is 4. The molecule has 6 nitrogen and oxygen atoms in total. The van der Waals surface area contributed by atoms with E-state index >= 15 is 0 Å². The molecular weight excluding hydrogens is 480 g/mol. The summed E-state index contributed by atoms with van der Waals surface area (Å²) in [5.41, 5.74) is 2.52. The Hall–Kier alpha value is -2.37. The van der Waals surface area contributed by atoms with Gasteiger partial charge in [-0.05, 0) is 94.1 Å². The van der Waals surface area contributed by atoms with E-state index in [9.17, 15) is 14.4 Å². The molecule has 0 radical (unpaired) electrons. The molecule has 2 bridgehead atoms. The minimum atomic E-state index is -0.851. The van der Waals surface area contributed by atoms with Crippen LogP contribution in [-0.4, -0.2) is 35.2 Å². The zero-order valence-corrected chi connectivity index (χ0v) is 23.7. The zero-order valence-electron chi connectivity index (χ0n) is 23.7. The molecule has 4 fully saturated rings. The molecule has 0 unspecified atom stereocenters. The third-order valence-electron chi connectivity index (χ3n) is 11.8. The fraction of sp³-hybridized carbons (Fsp3) is 0.719. The van der Waals surface area contributed by atoms with Crippen molar-refractivity contribution in [1.82, 2.24) is 0 Å². The highest BCUT2D eigenvalue weighted by Gasteiger charge is 2.67. The predicted octanol–water partition coefficient (Wildman–Crippen LogP) is 6.00. The molecule has 7 rings (SSSR count). The molecule has 0 spiro atoms. The number of carbonyl (C=O) groups excluding carboxylic acids is 3. The number of rotatable bonds is 3. The number of hydrogen-bond donors (Lipinski definition) is 0. The number of ether oxygens (including phenoxy) is 3. The molecule has 7 aliphatic rings. The molecule has 0 amide bonds. The lowest BCUT2D eigenvalue weighted by atomic mass is 9.51. The van der Waals surface area contributed by atoms with E-state index in [-0.39, 0.29) is 58.5 Å². The molecule has 3 heterocycles. The van der Waals surface area contributed by atoms with Crippen LogP contribution in [0.15, 0.2) is 34.9 Å². The van der Waals surface area contributed by atoms with Crippen LogP contribution in [0.25, 0.3) is 0 Å². The van der Waals surface area contributed by atoms with E-state index < -0.39 is 11.2 Å². The lowest BCUT2D eigenvalue weighted by Crippen LogP contribution is -2.64. The summed E-state index contributed by atoms with van der Waals surface area (Å²) in [6.07, 6.45) is 12.9. The summed E-state index contributed by atoms with van der Waals surface area (Å²) in [5.74, 6) is -0.183. The average molecular weight is 523 g/mol. The normalized spacial score (nSPS) is 42.6. The molecule has 0 aromatic heterocycles. The maximum absolute atomic E-state index is 12.6. The molecule has 38 heavy (non-hydrogen) atoms. The largest absolute Gasteiger partial charge is 0.458 e. The summed E-state index contributed by atoms with van der Waals surface area (Å²) in [7, 11) is 0. The summed E-state index contributed by atoms with van der Waals surface area (Å²) in [6, 6.07) is 0. The molecule has 6 heteroatoms. The van der Waals surface area contributed by atoms with Crippen LogP contribution in [0.1, 0.15) is 92.9 Å². The molecular formula is C32H42O6. The maximum atomic E-state index is 12.6. The molecule has 2 saturated carbocycles. The van der Waals surface area contributed by atoms with Crippen molar-refractivity contribution in [2.75, 3.05) is 0 Å². The minimum Gasteiger partial charge on any atom is -0.458 e. The first-order chi connectivity index (χ1) is 17.8. The first-order valence-electron chi connectivity index (χ1n) is 14.5. The van der Waals surface area contributed by atoms with Gasteiger partial charge in [-0.25, -0.2) is 4.79 Å². The SMILES string of the molecule is CC(=O)O[C@](C)([C@@H]1OC(=O)C2CC1C2)[C@H]1CC[C@@]2(C)C3=C(C=C4C=CC(=O)OC(C)(C)[C@@H]4CC3)CC[C@]12C. The Balaban J connectivity index is 1.38. The molecule has 4 aliphatic carbocycles. The van der Waals surface area contributed by atoms with Gasteiger partial charge in [-0.1, -0.05) is 31.6 Å². The summed E-state index contributed by atoms with van der Waals surface area (Å²) >= 11 is 0. The number of esters is 3. The Labute approximate surface area is 226 Å². The van der Waals surface area contributed by atoms with Gasteiger partial charge in [-0.3, -0.25) is 9.59 Å². The fourth-order valence-corrected chi connectivity index (χ4v) is 9.62. The van der Waals surface area contributed by atoms with Gasteiger partial charge in [0.2, 0.25) is 0 Å². The molecule has 6 atom stereocenters. The minimum absolute atomic E-state index is 0.0222. The lowest BCUT2D eigenvalue weighted by Gasteiger charge is -2.58. The van der Waals surface area contributed by atoms with Gasteiger partial charge in [0.1, 0.15) is 17.3 Å². The van der Waals surface area contributed by atoms with Gasteiger partial charge in [0, 0.05) is 30.8 Å². The smallest absolute Gasteiger partial charge is 0.331 e. The van der Waals surface area contributed by atoms with Crippen molar-refractivity contribution in [2.24, 2.45) is 34.5 Å². The number of cyclic esters (lactones) is 1. The highest BCUT2D eigenvalue weighted by molar-refractivity contribution is 5.83. The Morgan fingerprint density at radius 3 is 2.47 bits per heavy atom. The Bertz CT molecular complexity index is 1180. The summed E-state index contributed by atoms with van der Waals surface area (Å²) in [5, 5.41) is 0. The Morgan fingerprint density at radius 1 is 1.05 bits per heavy atom. The van der Waals surface area contributed by atoms with Crippen molar-refractivity contribution >= 4 is 17.9 Å². The highest BCUT2D eigenvalue weighted by Crippen LogP contribution is 2.70. The second kappa shape index (κ2) is 8.32. The molecule has 2 saturated heterocycles. The average Bonchev–Trinajstić information content (AvgIpc) is 2.90. The summed E-state index contributed by atoms with van der Waals surface area (Å²) in [6.45, 7) is 12.4. The van der Waals surface area contributed by atoms with E-state index in [1.54, 1.807) is 6.08 Å². The zero-order chi connectivity index (χ0) is 27.3. The van der Waals surface area contributed by atoms with Gasteiger partial charge in [0.05, 0.1) is 5.92 Å². The quantitative estimate of drug-likeness (QED) is 0.334. The fourth-order valence-electron chi connectivity index (χ4n) is 9.62.